The molecule has 0 amide bonds. The topological polar surface area (TPSA) is 124 Å². The second-order valence-electron chi connectivity index (χ2n) is 15.8. The summed E-state index contributed by atoms with van der Waals surface area (Å²) in [4.78, 5) is 4.30. The van der Waals surface area contributed by atoms with E-state index in [1.54, 1.807) is 75.5 Å². The van der Waals surface area contributed by atoms with E-state index in [-0.39, 0.29) is 0 Å². The number of rotatable bonds is 22. The van der Waals surface area contributed by atoms with Crippen molar-refractivity contribution in [2.75, 3.05) is 41.7 Å². The fourth-order valence-corrected chi connectivity index (χ4v) is 10.0. The minimum Gasteiger partial charge on any atom is -0.867 e. The summed E-state index contributed by atoms with van der Waals surface area (Å²) >= 11 is 6.33. The van der Waals surface area contributed by atoms with Crippen LogP contribution in [0.1, 0.15) is 39.5 Å². The molecular formula is C58H58BFO10S4. The molecule has 8 aromatic rings. The average Bonchev–Trinajstić information content (AvgIpc) is 3.42. The van der Waals surface area contributed by atoms with Crippen LogP contribution < -0.4 is 38.5 Å². The summed E-state index contributed by atoms with van der Waals surface area (Å²) in [5.41, 5.74) is 4.39. The van der Waals surface area contributed by atoms with Crippen molar-refractivity contribution in [2.45, 2.75) is 79.5 Å². The second-order valence-corrected chi connectivity index (χ2v) is 20.1. The molecule has 0 aliphatic rings. The molecule has 0 saturated carbocycles. The molecule has 6 aromatic carbocycles. The van der Waals surface area contributed by atoms with E-state index in [0.29, 0.717) is 0 Å². The van der Waals surface area contributed by atoms with Gasteiger partial charge >= 0.3 is 20.4 Å². The lowest BCUT2D eigenvalue weighted by molar-refractivity contribution is -0.366. The van der Waals surface area contributed by atoms with E-state index in [9.17, 15) is 4.32 Å². The molecule has 0 N–H and O–H groups in total. The Morgan fingerprint density at radius 3 is 0.824 bits per heavy atom. The predicted octanol–water partition coefficient (Wildman–Crippen LogP) is 15.1. The van der Waals surface area contributed by atoms with Crippen molar-refractivity contribution in [3.63, 3.8) is 0 Å². The Hall–Kier alpha value is -6.27. The van der Waals surface area contributed by atoms with Gasteiger partial charge in [-0.15, -0.1) is 0 Å². The van der Waals surface area contributed by atoms with Crippen LogP contribution >= 0.6 is 47.0 Å². The third-order valence-electron chi connectivity index (χ3n) is 10.5. The molecule has 2 heterocycles. The van der Waals surface area contributed by atoms with Crippen LogP contribution in [-0.4, -0.2) is 49.0 Å². The van der Waals surface area contributed by atoms with E-state index in [2.05, 4.69) is 62.4 Å². The largest absolute Gasteiger partial charge is 0.867 e. The first kappa shape index (κ1) is 57.0. The van der Waals surface area contributed by atoms with Gasteiger partial charge in [-0.25, -0.2) is 0 Å². The first-order chi connectivity index (χ1) is 36.1. The van der Waals surface area contributed by atoms with Gasteiger partial charge in [-0.05, 0) is 145 Å². The van der Waals surface area contributed by atoms with Crippen molar-refractivity contribution in [1.29, 1.82) is 0 Å². The Labute approximate surface area is 451 Å². The Bertz CT molecular complexity index is 2550. The van der Waals surface area contributed by atoms with Gasteiger partial charge < -0.3 is 42.8 Å². The van der Waals surface area contributed by atoms with Gasteiger partial charge in [0.15, 0.2) is 0 Å². The van der Waals surface area contributed by atoms with Crippen LogP contribution in [0.25, 0.3) is 22.3 Å². The maximum atomic E-state index is 9.89. The SMILES string of the molecule is CCCCOc1ccc(-c2cc(Sc3ccc(OC)cc3)[o+]c(Sc3ccc(OC)cc3)c2)cc1.CCCCOc1ccc(-c2cc(Sc3ccc(OC)cc3)[o+]c(Sc3ccc(OC)cc3)c2)cc1.[O-]B([O-])F. The number of unbranched alkanes of at least 4 members (excludes halogenated alkanes) is 2. The number of ether oxygens (including phenoxy) is 6. The molecule has 8 rings (SSSR count). The molecular weight excluding hydrogens is 1010 g/mol. The van der Waals surface area contributed by atoms with Gasteiger partial charge in [0.2, 0.25) is 0 Å². The smallest absolute Gasteiger partial charge is 0.394 e. The lowest BCUT2D eigenvalue weighted by Crippen LogP contribution is -2.39. The molecule has 0 atom stereocenters. The first-order valence-electron chi connectivity index (χ1n) is 23.7. The maximum Gasteiger partial charge on any atom is 0.394 e. The molecule has 2 aromatic heterocycles. The van der Waals surface area contributed by atoms with Crippen molar-refractivity contribution in [1.82, 2.24) is 0 Å². The fraction of sp³-hybridized carbons (Fsp3) is 0.207. The molecule has 0 saturated heterocycles. The van der Waals surface area contributed by atoms with Crippen LogP contribution in [0.3, 0.4) is 0 Å². The fourth-order valence-electron chi connectivity index (χ4n) is 6.64. The van der Waals surface area contributed by atoms with Gasteiger partial charge in [-0.2, -0.15) is 8.83 Å². The van der Waals surface area contributed by atoms with E-state index in [1.165, 1.54) is 0 Å². The number of hydrogen-bond acceptors (Lipinski definition) is 12. The molecule has 0 radical (unpaired) electrons. The highest BCUT2D eigenvalue weighted by molar-refractivity contribution is 8.00. The Morgan fingerprint density at radius 2 is 0.608 bits per heavy atom. The molecule has 0 spiro atoms. The molecule has 0 aliphatic heterocycles. The van der Waals surface area contributed by atoms with Crippen LogP contribution in [0.5, 0.6) is 34.5 Å². The summed E-state index contributed by atoms with van der Waals surface area (Å²) in [6.07, 6.45) is 4.35. The van der Waals surface area contributed by atoms with Gasteiger partial charge in [0.05, 0.1) is 65.9 Å². The first-order valence-corrected chi connectivity index (χ1v) is 27.0. The van der Waals surface area contributed by atoms with Crippen LogP contribution in [0.15, 0.2) is 219 Å². The minimum absolute atomic E-state index is 0.741. The molecule has 16 heteroatoms. The minimum atomic E-state index is -3.17. The van der Waals surface area contributed by atoms with Gasteiger partial charge in [0, 0.05) is 77.8 Å². The zero-order chi connectivity index (χ0) is 52.5. The van der Waals surface area contributed by atoms with E-state index < -0.39 is 7.40 Å². The van der Waals surface area contributed by atoms with Crippen LogP contribution in [0.4, 0.5) is 4.32 Å². The van der Waals surface area contributed by atoms with Gasteiger partial charge in [0.1, 0.15) is 41.9 Å². The highest BCUT2D eigenvalue weighted by Crippen LogP contribution is 2.41. The molecule has 384 valence electrons. The van der Waals surface area contributed by atoms with Crippen molar-refractivity contribution in [3.05, 3.63) is 170 Å². The molecule has 10 nitrogen and oxygen atoms in total. The quantitative estimate of drug-likeness (QED) is 0.0363. The standard InChI is InChI=1S/2C29H29O4S2.BFO2/c2*1-4-5-18-32-25-8-6-21(7-9-25)22-19-28(34-26-14-10-23(30-2)11-15-26)33-29(20-22)35-27-16-12-24(31-3)13-17-27;2-1(3)4/h2*6-17,19-20H,4-5,18H2,1-3H3;/q2*+1;-2. The Morgan fingerprint density at radius 1 is 0.378 bits per heavy atom. The third-order valence-corrected chi connectivity index (χ3v) is 14.2. The van der Waals surface area contributed by atoms with E-state index in [1.807, 2.05) is 121 Å². The number of hydrogen-bond donors (Lipinski definition) is 0. The highest BCUT2D eigenvalue weighted by Gasteiger charge is 2.22. The highest BCUT2D eigenvalue weighted by atomic mass is 32.2. The third kappa shape index (κ3) is 19.2. The lowest BCUT2D eigenvalue weighted by Gasteiger charge is -2.09. The number of benzene rings is 6. The van der Waals surface area contributed by atoms with Gasteiger partial charge in [-0.1, -0.05) is 51.0 Å². The van der Waals surface area contributed by atoms with Crippen LogP contribution in [0.2, 0.25) is 0 Å². The average molecular weight is 1070 g/mol. The van der Waals surface area contributed by atoms with Crippen molar-refractivity contribution in [2.24, 2.45) is 0 Å². The molecule has 0 fully saturated rings. The summed E-state index contributed by atoms with van der Waals surface area (Å²) in [6, 6.07) is 56.7. The number of methoxy groups -OCH3 is 4. The van der Waals surface area contributed by atoms with Crippen LogP contribution in [-0.2, 0) is 0 Å². The van der Waals surface area contributed by atoms with Crippen molar-refractivity contribution < 1.29 is 51.6 Å². The molecule has 74 heavy (non-hydrogen) atoms. The van der Waals surface area contributed by atoms with Crippen molar-refractivity contribution in [3.8, 4) is 56.8 Å². The molecule has 0 unspecified atom stereocenters. The predicted molar refractivity (Wildman–Crippen MR) is 293 cm³/mol. The normalized spacial score (nSPS) is 10.5. The number of halogens is 1. The van der Waals surface area contributed by atoms with Gasteiger partial charge in [0.25, 0.3) is 0 Å². The van der Waals surface area contributed by atoms with E-state index in [0.717, 1.165) is 136 Å². The zero-order valence-electron chi connectivity index (χ0n) is 42.1. The summed E-state index contributed by atoms with van der Waals surface area (Å²) in [5, 5.41) is 19.9. The summed E-state index contributed by atoms with van der Waals surface area (Å²) < 4.78 is 55.3. The summed E-state index contributed by atoms with van der Waals surface area (Å²) in [5.74, 6) is 5.11. The molecule has 0 bridgehead atoms. The Balaban J connectivity index is 0.000000225. The van der Waals surface area contributed by atoms with E-state index in [4.69, 9.17) is 47.3 Å². The van der Waals surface area contributed by atoms with Crippen molar-refractivity contribution >= 4 is 54.4 Å². The zero-order valence-corrected chi connectivity index (χ0v) is 45.3. The Kier molecular flexibility index (Phi) is 23.7. The van der Waals surface area contributed by atoms with Gasteiger partial charge in [-0.3, -0.25) is 0 Å². The molecule has 0 aliphatic carbocycles. The maximum absolute atomic E-state index is 9.89. The second kappa shape index (κ2) is 30.8. The monoisotopic (exact) mass is 1070 g/mol. The lowest BCUT2D eigenvalue weighted by atomic mass is 10.1. The van der Waals surface area contributed by atoms with Crippen LogP contribution in [0, 0.1) is 0 Å². The van der Waals surface area contributed by atoms with E-state index >= 15 is 0 Å². The summed E-state index contributed by atoms with van der Waals surface area (Å²) in [6.45, 7) is 5.81. The summed E-state index contributed by atoms with van der Waals surface area (Å²) in [7, 11) is 3.51.